The van der Waals surface area contributed by atoms with Gasteiger partial charge in [-0.15, -0.1) is 0 Å². The van der Waals surface area contributed by atoms with Gasteiger partial charge in [0, 0.05) is 0 Å². The Kier molecular flexibility index (Phi) is 5.55. The van der Waals surface area contributed by atoms with Crippen molar-refractivity contribution in [2.45, 2.75) is 0 Å². The Labute approximate surface area is 66.9 Å². The molecular weight excluding hydrogens is 342 g/mol. The van der Waals surface area contributed by atoms with Crippen LogP contribution in [0.2, 0.25) is 0 Å². The number of hydrogen-bond acceptors (Lipinski definition) is 2. The van der Waals surface area contributed by atoms with Crippen molar-refractivity contribution >= 4 is 26.5 Å². The third-order valence-corrected chi connectivity index (χ3v) is 1.16. The molecule has 4 heteroatoms. The van der Waals surface area contributed by atoms with Crippen LogP contribution >= 0.6 is 15.9 Å². The Bertz CT molecular complexity index is 132. The van der Waals surface area contributed by atoms with Gasteiger partial charge in [-0.1, -0.05) is 0 Å². The van der Waals surface area contributed by atoms with Crippen LogP contribution in [-0.2, 0) is 19.4 Å². The first kappa shape index (κ1) is 8.25. The van der Waals surface area contributed by atoms with Crippen LogP contribution in [0.5, 0.6) is 0 Å². The number of nitrogens with zero attached hydrogens (tertiary/aromatic N) is 1. The standard InChI is InChI=1S/C4H3BrNO.W/c1-2-6-4(5)3-7;/h1-2,7H;/q-1;/b6-2-;. The van der Waals surface area contributed by atoms with E-state index < -0.39 is 0 Å². The monoisotopic (exact) mass is 344 g/mol. The quantitative estimate of drug-likeness (QED) is 0.344. The summed E-state index contributed by atoms with van der Waals surface area (Å²) >= 11 is 4.25. The van der Waals surface area contributed by atoms with Crippen molar-refractivity contribution in [3.8, 4) is 0 Å². The Balaban J connectivity index is 3.69. The van der Waals surface area contributed by atoms with Gasteiger partial charge < -0.3 is 0 Å². The molecule has 0 aliphatic heterocycles. The molecule has 0 saturated carbocycles. The van der Waals surface area contributed by atoms with Gasteiger partial charge in [0.05, 0.1) is 0 Å². The summed E-state index contributed by atoms with van der Waals surface area (Å²) in [4.78, 5) is 3.67. The Hall–Kier alpha value is 0.248. The first-order valence-corrected chi connectivity index (χ1v) is 4.20. The van der Waals surface area contributed by atoms with Crippen LogP contribution in [0.25, 0.3) is 0 Å². The second kappa shape index (κ2) is 5.39. The summed E-state index contributed by atoms with van der Waals surface area (Å²) in [6, 6.07) is 0. The third kappa shape index (κ3) is 4.41. The number of hydrogen-bond donors (Lipinski definition) is 1. The second-order valence-electron chi connectivity index (χ2n) is 0.817. The fraction of sp³-hybridized carbons (Fsp3) is 0. The summed E-state index contributed by atoms with van der Waals surface area (Å²) in [5, 5.41) is 8.11. The van der Waals surface area contributed by atoms with Gasteiger partial charge >= 0.3 is 66.9 Å². The molecule has 0 aromatic heterocycles. The van der Waals surface area contributed by atoms with E-state index in [1.807, 2.05) is 10.7 Å². The molecule has 2 nitrogen and oxygen atoms in total. The van der Waals surface area contributed by atoms with E-state index in [4.69, 9.17) is 5.11 Å². The van der Waals surface area contributed by atoms with E-state index in [1.165, 1.54) is 19.4 Å². The summed E-state index contributed by atoms with van der Waals surface area (Å²) in [5.41, 5.74) is 0. The van der Waals surface area contributed by atoms with Gasteiger partial charge in [-0.3, -0.25) is 0 Å². The summed E-state index contributed by atoms with van der Waals surface area (Å²) in [6.45, 7) is 0. The van der Waals surface area contributed by atoms with Crippen molar-refractivity contribution in [1.29, 1.82) is 0 Å². The molecule has 0 aliphatic rings. The number of halogens is 1. The first-order valence-electron chi connectivity index (χ1n) is 1.71. The van der Waals surface area contributed by atoms with E-state index in [1.54, 1.807) is 6.21 Å². The van der Waals surface area contributed by atoms with Crippen molar-refractivity contribution in [3.05, 3.63) is 10.9 Å². The number of aliphatic hydroxyl groups is 1. The number of rotatable bonds is 2. The van der Waals surface area contributed by atoms with Gasteiger partial charge in [-0.25, -0.2) is 0 Å². The molecule has 0 amide bonds. The van der Waals surface area contributed by atoms with Gasteiger partial charge in [-0.05, 0) is 0 Å². The van der Waals surface area contributed by atoms with Crippen LogP contribution in [0.4, 0.5) is 0 Å². The van der Waals surface area contributed by atoms with E-state index in [2.05, 4.69) is 20.9 Å². The van der Waals surface area contributed by atoms with Crippen molar-refractivity contribution in [2.75, 3.05) is 0 Å². The second-order valence-corrected chi connectivity index (χ2v) is 2.55. The van der Waals surface area contributed by atoms with Gasteiger partial charge in [-0.2, -0.15) is 0 Å². The van der Waals surface area contributed by atoms with E-state index in [-0.39, 0.29) is 0 Å². The summed E-state index contributed by atoms with van der Waals surface area (Å²) in [7, 11) is 0. The van der Waals surface area contributed by atoms with E-state index in [0.717, 1.165) is 0 Å². The Morgan fingerprint density at radius 2 is 2.50 bits per heavy atom. The first-order chi connectivity index (χ1) is 3.81. The molecule has 44 valence electrons. The van der Waals surface area contributed by atoms with Gasteiger partial charge in [0.15, 0.2) is 0 Å². The fourth-order valence-corrected chi connectivity index (χ4v) is 0.462. The zero-order valence-corrected chi connectivity index (χ0v) is 8.35. The molecule has 0 unspecified atom stereocenters. The molecule has 0 aliphatic carbocycles. The molecule has 0 atom stereocenters. The molecule has 8 heavy (non-hydrogen) atoms. The molecule has 0 saturated heterocycles. The molecule has 0 aromatic rings. The molecule has 0 rings (SSSR count). The number of aliphatic imine (C=N–C) groups is 1. The Morgan fingerprint density at radius 1 is 1.88 bits per heavy atom. The normalized spacial score (nSPS) is 12.4. The molecule has 0 fully saturated rings. The van der Waals surface area contributed by atoms with Crippen molar-refractivity contribution in [3.63, 3.8) is 0 Å². The predicted octanol–water partition coefficient (Wildman–Crippen LogP) is 0.961. The molecule has 0 aromatic carbocycles. The average Bonchev–Trinajstić information content (AvgIpc) is 1.83. The third-order valence-electron chi connectivity index (χ3n) is 0.341. The summed E-state index contributed by atoms with van der Waals surface area (Å²) < 4.78 is 2.15. The van der Waals surface area contributed by atoms with Gasteiger partial charge in [0.2, 0.25) is 0 Å². The van der Waals surface area contributed by atoms with E-state index in [9.17, 15) is 0 Å². The molecule has 1 N–H and O–H groups in total. The van der Waals surface area contributed by atoms with E-state index in [0.29, 0.717) is 4.61 Å². The van der Waals surface area contributed by atoms with Crippen LogP contribution in [0.15, 0.2) is 9.60 Å². The van der Waals surface area contributed by atoms with Gasteiger partial charge in [0.1, 0.15) is 0 Å². The van der Waals surface area contributed by atoms with Crippen LogP contribution in [0.1, 0.15) is 0 Å². The summed E-state index contributed by atoms with van der Waals surface area (Å²) in [6.07, 6.45) is 3.41. The fourth-order valence-electron chi connectivity index (χ4n) is 0.125. The number of aliphatic hydroxyl groups excluding tert-OH is 1. The topological polar surface area (TPSA) is 32.6 Å². The predicted molar refractivity (Wildman–Crippen MR) is 32.9 cm³/mol. The maximum absolute atomic E-state index is 8.11. The zero-order valence-electron chi connectivity index (χ0n) is 3.84. The Morgan fingerprint density at radius 3 is 2.88 bits per heavy atom. The molecule has 0 radical (unpaired) electrons. The van der Waals surface area contributed by atoms with Crippen molar-refractivity contribution in [2.24, 2.45) is 4.99 Å². The van der Waals surface area contributed by atoms with Crippen LogP contribution in [0.3, 0.4) is 0 Å². The minimum absolute atomic E-state index is 0.315. The van der Waals surface area contributed by atoms with E-state index >= 15 is 0 Å². The molecule has 0 spiro atoms. The van der Waals surface area contributed by atoms with Crippen LogP contribution in [-0.4, -0.2) is 15.7 Å². The SMILES string of the molecule is O[C-]=C(Br)/N=C\[CH]=[W]. The van der Waals surface area contributed by atoms with Crippen molar-refractivity contribution < 1.29 is 24.5 Å². The van der Waals surface area contributed by atoms with Gasteiger partial charge in [0.25, 0.3) is 0 Å². The maximum atomic E-state index is 8.11. The summed E-state index contributed by atoms with van der Waals surface area (Å²) in [5.74, 6) is 0. The minimum atomic E-state index is 0.315. The van der Waals surface area contributed by atoms with Crippen molar-refractivity contribution in [1.82, 2.24) is 0 Å². The molecule has 0 bridgehead atoms. The zero-order chi connectivity index (χ0) is 6.41. The average molecular weight is 345 g/mol. The van der Waals surface area contributed by atoms with Crippen LogP contribution < -0.4 is 0 Å². The molecular formula is C4H3BrNOW-. The molecule has 0 heterocycles. The van der Waals surface area contributed by atoms with Crippen LogP contribution in [0, 0.1) is 6.26 Å².